The third-order valence-corrected chi connectivity index (χ3v) is 1.68. The normalized spacial score (nSPS) is 9.80. The highest BCUT2D eigenvalue weighted by Crippen LogP contribution is 2.22. The Morgan fingerprint density at radius 1 is 1.50 bits per heavy atom. The van der Waals surface area contributed by atoms with Gasteiger partial charge in [0, 0.05) is 10.0 Å². The number of phenols is 1. The van der Waals surface area contributed by atoms with Crippen molar-refractivity contribution in [3.8, 4) is 5.75 Å². The standard InChI is InChI=1S/C7H6BrFO/c8-6-2-1-5(4-9)7(10)3-6/h1-3,10H,4H2. The molecule has 0 aliphatic rings. The minimum Gasteiger partial charge on any atom is -0.508 e. The molecule has 0 radical (unpaired) electrons. The van der Waals surface area contributed by atoms with Crippen molar-refractivity contribution < 1.29 is 9.50 Å². The Morgan fingerprint density at radius 2 is 2.20 bits per heavy atom. The van der Waals surface area contributed by atoms with Crippen LogP contribution in [-0.2, 0) is 6.67 Å². The molecule has 1 aromatic carbocycles. The lowest BCUT2D eigenvalue weighted by Gasteiger charge is -1.98. The molecule has 0 unspecified atom stereocenters. The number of aromatic hydroxyl groups is 1. The van der Waals surface area contributed by atoms with Crippen LogP contribution in [0.25, 0.3) is 0 Å². The fourth-order valence-corrected chi connectivity index (χ4v) is 0.999. The van der Waals surface area contributed by atoms with E-state index in [1.807, 2.05) is 0 Å². The first-order chi connectivity index (χ1) is 4.74. The van der Waals surface area contributed by atoms with E-state index < -0.39 is 6.67 Å². The Balaban J connectivity index is 3.07. The molecule has 0 aliphatic heterocycles. The molecule has 0 saturated carbocycles. The van der Waals surface area contributed by atoms with E-state index in [-0.39, 0.29) is 5.75 Å². The van der Waals surface area contributed by atoms with Gasteiger partial charge in [-0.05, 0) is 12.1 Å². The largest absolute Gasteiger partial charge is 0.508 e. The second kappa shape index (κ2) is 3.01. The molecular formula is C7H6BrFO. The number of benzene rings is 1. The SMILES string of the molecule is Oc1cc(Br)ccc1CF. The molecular weight excluding hydrogens is 199 g/mol. The van der Waals surface area contributed by atoms with E-state index in [1.54, 1.807) is 12.1 Å². The van der Waals surface area contributed by atoms with Crippen molar-refractivity contribution >= 4 is 15.9 Å². The van der Waals surface area contributed by atoms with Crippen LogP contribution >= 0.6 is 15.9 Å². The minimum atomic E-state index is -0.626. The summed E-state index contributed by atoms with van der Waals surface area (Å²) in [5, 5.41) is 9.02. The van der Waals surface area contributed by atoms with Gasteiger partial charge < -0.3 is 5.11 Å². The molecule has 1 rings (SSSR count). The van der Waals surface area contributed by atoms with E-state index in [2.05, 4.69) is 15.9 Å². The van der Waals surface area contributed by atoms with E-state index in [9.17, 15) is 4.39 Å². The van der Waals surface area contributed by atoms with E-state index in [0.29, 0.717) is 5.56 Å². The highest BCUT2D eigenvalue weighted by atomic mass is 79.9. The first-order valence-electron chi connectivity index (χ1n) is 2.77. The summed E-state index contributed by atoms with van der Waals surface area (Å²) in [6.45, 7) is -0.626. The molecule has 10 heavy (non-hydrogen) atoms. The summed E-state index contributed by atoms with van der Waals surface area (Å²) in [5.74, 6) is -0.00289. The van der Waals surface area contributed by atoms with Crippen molar-refractivity contribution in [2.24, 2.45) is 0 Å². The van der Waals surface area contributed by atoms with Crippen molar-refractivity contribution in [2.75, 3.05) is 0 Å². The number of halogens is 2. The van der Waals surface area contributed by atoms with Gasteiger partial charge in [0.1, 0.15) is 12.4 Å². The molecule has 0 spiro atoms. The molecule has 0 heterocycles. The van der Waals surface area contributed by atoms with Crippen LogP contribution in [0.4, 0.5) is 4.39 Å². The van der Waals surface area contributed by atoms with Gasteiger partial charge in [-0.3, -0.25) is 0 Å². The average molecular weight is 205 g/mol. The topological polar surface area (TPSA) is 20.2 Å². The number of phenolic OH excluding ortho intramolecular Hbond substituents is 1. The Bertz CT molecular complexity index is 237. The van der Waals surface area contributed by atoms with Crippen LogP contribution in [0.2, 0.25) is 0 Å². The van der Waals surface area contributed by atoms with Crippen LogP contribution in [0.1, 0.15) is 5.56 Å². The van der Waals surface area contributed by atoms with Crippen molar-refractivity contribution in [1.82, 2.24) is 0 Å². The van der Waals surface area contributed by atoms with Crippen molar-refractivity contribution in [3.05, 3.63) is 28.2 Å². The number of hydrogen-bond acceptors (Lipinski definition) is 1. The van der Waals surface area contributed by atoms with Crippen LogP contribution in [-0.4, -0.2) is 5.11 Å². The van der Waals surface area contributed by atoms with Gasteiger partial charge in [0.2, 0.25) is 0 Å². The predicted octanol–water partition coefficient (Wildman–Crippen LogP) is 2.62. The summed E-state index contributed by atoms with van der Waals surface area (Å²) < 4.78 is 12.7. The second-order valence-electron chi connectivity index (χ2n) is 1.91. The van der Waals surface area contributed by atoms with Gasteiger partial charge in [-0.15, -0.1) is 0 Å². The average Bonchev–Trinajstić information content (AvgIpc) is 1.88. The molecule has 1 N–H and O–H groups in total. The maximum Gasteiger partial charge on any atom is 0.122 e. The molecule has 0 aromatic heterocycles. The van der Waals surface area contributed by atoms with Crippen LogP contribution < -0.4 is 0 Å². The Hall–Kier alpha value is -0.570. The van der Waals surface area contributed by atoms with Gasteiger partial charge in [-0.25, -0.2) is 4.39 Å². The molecule has 0 saturated heterocycles. The Kier molecular flexibility index (Phi) is 2.27. The second-order valence-corrected chi connectivity index (χ2v) is 2.82. The quantitative estimate of drug-likeness (QED) is 0.746. The highest BCUT2D eigenvalue weighted by Gasteiger charge is 1.98. The van der Waals surface area contributed by atoms with Crippen molar-refractivity contribution in [2.45, 2.75) is 6.67 Å². The fourth-order valence-electron chi connectivity index (χ4n) is 0.650. The summed E-state index contributed by atoms with van der Waals surface area (Å²) in [7, 11) is 0. The number of hydrogen-bond donors (Lipinski definition) is 1. The summed E-state index contributed by atoms with van der Waals surface area (Å²) in [5.41, 5.74) is 0.322. The highest BCUT2D eigenvalue weighted by molar-refractivity contribution is 9.10. The molecule has 54 valence electrons. The summed E-state index contributed by atoms with van der Waals surface area (Å²) in [6, 6.07) is 4.70. The lowest BCUT2D eigenvalue weighted by molar-refractivity contribution is 0.432. The number of alkyl halides is 1. The molecule has 0 aliphatic carbocycles. The fraction of sp³-hybridized carbons (Fsp3) is 0.143. The van der Waals surface area contributed by atoms with Crippen LogP contribution in [0.3, 0.4) is 0 Å². The van der Waals surface area contributed by atoms with Gasteiger partial charge >= 0.3 is 0 Å². The van der Waals surface area contributed by atoms with Crippen LogP contribution in [0.15, 0.2) is 22.7 Å². The third-order valence-electron chi connectivity index (χ3n) is 1.19. The first-order valence-corrected chi connectivity index (χ1v) is 3.56. The lowest BCUT2D eigenvalue weighted by Crippen LogP contribution is -1.78. The molecule has 1 aromatic rings. The van der Waals surface area contributed by atoms with E-state index >= 15 is 0 Å². The Morgan fingerprint density at radius 3 is 2.70 bits per heavy atom. The zero-order valence-electron chi connectivity index (χ0n) is 5.14. The maximum absolute atomic E-state index is 11.9. The van der Waals surface area contributed by atoms with Crippen molar-refractivity contribution in [1.29, 1.82) is 0 Å². The molecule has 0 bridgehead atoms. The van der Waals surface area contributed by atoms with Gasteiger partial charge in [0.05, 0.1) is 0 Å². The summed E-state index contributed by atoms with van der Waals surface area (Å²) in [4.78, 5) is 0. The third kappa shape index (κ3) is 1.48. The maximum atomic E-state index is 11.9. The molecule has 0 amide bonds. The van der Waals surface area contributed by atoms with Gasteiger partial charge in [0.25, 0.3) is 0 Å². The molecule has 1 nitrogen and oxygen atoms in total. The van der Waals surface area contributed by atoms with Crippen LogP contribution in [0.5, 0.6) is 5.75 Å². The van der Waals surface area contributed by atoms with Gasteiger partial charge in [0.15, 0.2) is 0 Å². The minimum absolute atomic E-state index is 0.00289. The summed E-state index contributed by atoms with van der Waals surface area (Å²) >= 11 is 3.14. The van der Waals surface area contributed by atoms with Gasteiger partial charge in [-0.2, -0.15) is 0 Å². The predicted molar refractivity (Wildman–Crippen MR) is 40.6 cm³/mol. The number of rotatable bonds is 1. The van der Waals surface area contributed by atoms with Crippen LogP contribution in [0, 0.1) is 0 Å². The van der Waals surface area contributed by atoms with E-state index in [0.717, 1.165) is 4.47 Å². The Labute approximate surface area is 66.6 Å². The smallest absolute Gasteiger partial charge is 0.122 e. The van der Waals surface area contributed by atoms with E-state index in [1.165, 1.54) is 6.07 Å². The van der Waals surface area contributed by atoms with Gasteiger partial charge in [-0.1, -0.05) is 22.0 Å². The first kappa shape index (κ1) is 7.54. The monoisotopic (exact) mass is 204 g/mol. The molecule has 0 atom stereocenters. The molecule has 3 heteroatoms. The van der Waals surface area contributed by atoms with E-state index in [4.69, 9.17) is 5.11 Å². The zero-order chi connectivity index (χ0) is 7.56. The molecule has 0 fully saturated rings. The summed E-state index contributed by atoms with van der Waals surface area (Å²) in [6.07, 6.45) is 0. The zero-order valence-corrected chi connectivity index (χ0v) is 6.73. The lowest BCUT2D eigenvalue weighted by atomic mass is 10.2. The van der Waals surface area contributed by atoms with Crippen molar-refractivity contribution in [3.63, 3.8) is 0 Å².